The molecule has 164 valence electrons. The zero-order valence-corrected chi connectivity index (χ0v) is 18.1. The number of carbonyl (C=O) groups is 2. The van der Waals surface area contributed by atoms with E-state index in [4.69, 9.17) is 4.74 Å². The van der Waals surface area contributed by atoms with Crippen molar-refractivity contribution >= 4 is 21.9 Å². The minimum Gasteiger partial charge on any atom is -0.452 e. The second kappa shape index (κ2) is 9.20. The van der Waals surface area contributed by atoms with Crippen molar-refractivity contribution < 1.29 is 22.7 Å². The Labute approximate surface area is 182 Å². The van der Waals surface area contributed by atoms with E-state index in [1.807, 2.05) is 18.2 Å². The molecule has 31 heavy (non-hydrogen) atoms. The number of benzene rings is 2. The summed E-state index contributed by atoms with van der Waals surface area (Å²) in [6.45, 7) is 0.657. The van der Waals surface area contributed by atoms with Gasteiger partial charge in [-0.3, -0.25) is 4.79 Å². The fourth-order valence-electron chi connectivity index (χ4n) is 4.19. The van der Waals surface area contributed by atoms with Gasteiger partial charge in [0.25, 0.3) is 5.91 Å². The summed E-state index contributed by atoms with van der Waals surface area (Å²) < 4.78 is 31.7. The first-order valence-electron chi connectivity index (χ1n) is 10.6. The van der Waals surface area contributed by atoms with Gasteiger partial charge in [0.05, 0.1) is 16.5 Å². The number of ether oxygens (including phenoxy) is 1. The molecular weight excluding hydrogens is 416 g/mol. The van der Waals surface area contributed by atoms with E-state index < -0.39 is 16.0 Å². The topological polar surface area (TPSA) is 92.8 Å². The number of esters is 1. The first-order chi connectivity index (χ1) is 14.9. The lowest BCUT2D eigenvalue weighted by molar-refractivity contribution is -0.125. The molecule has 0 radical (unpaired) electrons. The number of nitrogens with one attached hydrogen (secondary N) is 1. The molecule has 0 aromatic heterocycles. The van der Waals surface area contributed by atoms with Crippen LogP contribution in [0.4, 0.5) is 0 Å². The van der Waals surface area contributed by atoms with E-state index in [0.717, 1.165) is 37.7 Å². The number of hydrogen-bond donors (Lipinski definition) is 1. The van der Waals surface area contributed by atoms with Crippen LogP contribution in [-0.2, 0) is 26.0 Å². The second-order valence-corrected chi connectivity index (χ2v) is 9.86. The van der Waals surface area contributed by atoms with Crippen LogP contribution in [0, 0.1) is 0 Å². The summed E-state index contributed by atoms with van der Waals surface area (Å²) in [4.78, 5) is 24.8. The maximum absolute atomic E-state index is 12.6. The quantitative estimate of drug-likeness (QED) is 0.695. The lowest BCUT2D eigenvalue weighted by Crippen LogP contribution is -2.34. The molecule has 2 aromatic rings. The number of amides is 1. The van der Waals surface area contributed by atoms with Gasteiger partial charge in [-0.2, -0.15) is 4.31 Å². The number of carbonyl (C=O) groups excluding carboxylic acids is 2. The lowest BCUT2D eigenvalue weighted by atomic mass is 9.88. The highest BCUT2D eigenvalue weighted by atomic mass is 32.2. The van der Waals surface area contributed by atoms with Gasteiger partial charge in [-0.25, -0.2) is 13.2 Å². The highest BCUT2D eigenvalue weighted by molar-refractivity contribution is 7.89. The minimum absolute atomic E-state index is 0.0776. The number of nitrogens with zero attached hydrogens (tertiary/aromatic N) is 1. The Morgan fingerprint density at radius 1 is 1.00 bits per heavy atom. The van der Waals surface area contributed by atoms with Crippen LogP contribution in [0.15, 0.2) is 53.4 Å². The summed E-state index contributed by atoms with van der Waals surface area (Å²) in [6, 6.07) is 13.6. The summed E-state index contributed by atoms with van der Waals surface area (Å²) in [7, 11) is -3.53. The molecule has 4 rings (SSSR count). The molecule has 1 atom stereocenters. The molecule has 1 N–H and O–H groups in total. The van der Waals surface area contributed by atoms with Crippen molar-refractivity contribution in [2.45, 2.75) is 43.0 Å². The fraction of sp³-hybridized carbons (Fsp3) is 0.391. The highest BCUT2D eigenvalue weighted by Gasteiger charge is 2.27. The van der Waals surface area contributed by atoms with Crippen LogP contribution in [-0.4, -0.2) is 44.3 Å². The third kappa shape index (κ3) is 4.80. The Hall–Kier alpha value is -2.71. The van der Waals surface area contributed by atoms with Gasteiger partial charge in [-0.15, -0.1) is 0 Å². The molecular formula is C23H26N2O5S. The number of hydrogen-bond acceptors (Lipinski definition) is 5. The van der Waals surface area contributed by atoms with Crippen molar-refractivity contribution in [2.24, 2.45) is 0 Å². The van der Waals surface area contributed by atoms with Gasteiger partial charge in [-0.1, -0.05) is 24.3 Å². The molecule has 1 saturated heterocycles. The first-order valence-corrected chi connectivity index (χ1v) is 12.0. The molecule has 2 aromatic carbocycles. The van der Waals surface area contributed by atoms with E-state index in [1.165, 1.54) is 34.1 Å². The van der Waals surface area contributed by atoms with Crippen LogP contribution in [0.3, 0.4) is 0 Å². The third-order valence-electron chi connectivity index (χ3n) is 5.83. The normalized spacial score (nSPS) is 18.9. The molecule has 1 heterocycles. The van der Waals surface area contributed by atoms with E-state index in [2.05, 4.69) is 11.4 Å². The Morgan fingerprint density at radius 2 is 1.71 bits per heavy atom. The molecule has 1 amide bonds. The second-order valence-electron chi connectivity index (χ2n) is 7.92. The van der Waals surface area contributed by atoms with Gasteiger partial charge >= 0.3 is 5.97 Å². The van der Waals surface area contributed by atoms with Crippen LogP contribution in [0.2, 0.25) is 0 Å². The van der Waals surface area contributed by atoms with E-state index in [0.29, 0.717) is 13.1 Å². The maximum atomic E-state index is 12.6. The average Bonchev–Trinajstić information content (AvgIpc) is 3.34. The number of aryl methyl sites for hydroxylation is 1. The van der Waals surface area contributed by atoms with Crippen LogP contribution in [0.1, 0.15) is 53.2 Å². The zero-order valence-electron chi connectivity index (χ0n) is 17.2. The van der Waals surface area contributed by atoms with Crippen LogP contribution < -0.4 is 5.32 Å². The largest absolute Gasteiger partial charge is 0.452 e. The lowest BCUT2D eigenvalue weighted by Gasteiger charge is -2.26. The summed E-state index contributed by atoms with van der Waals surface area (Å²) >= 11 is 0. The molecule has 7 nitrogen and oxygen atoms in total. The Morgan fingerprint density at radius 3 is 2.45 bits per heavy atom. The van der Waals surface area contributed by atoms with E-state index in [-0.39, 0.29) is 29.0 Å². The van der Waals surface area contributed by atoms with Gasteiger partial charge in [0.15, 0.2) is 6.61 Å². The van der Waals surface area contributed by atoms with Crippen LogP contribution >= 0.6 is 0 Å². The number of rotatable bonds is 6. The van der Waals surface area contributed by atoms with Crippen molar-refractivity contribution in [1.82, 2.24) is 9.62 Å². The van der Waals surface area contributed by atoms with Gasteiger partial charge in [0.2, 0.25) is 10.0 Å². The molecule has 1 aliphatic heterocycles. The summed E-state index contributed by atoms with van der Waals surface area (Å²) in [5.41, 5.74) is 2.56. The van der Waals surface area contributed by atoms with E-state index in [1.54, 1.807) is 0 Å². The van der Waals surface area contributed by atoms with Gasteiger partial charge in [-0.05, 0) is 67.5 Å². The van der Waals surface area contributed by atoms with Crippen molar-refractivity contribution in [1.29, 1.82) is 0 Å². The third-order valence-corrected chi connectivity index (χ3v) is 7.74. The molecule has 0 saturated carbocycles. The summed E-state index contributed by atoms with van der Waals surface area (Å²) in [6.07, 6.45) is 4.56. The smallest absolute Gasteiger partial charge is 0.338 e. The van der Waals surface area contributed by atoms with E-state index >= 15 is 0 Å². The monoisotopic (exact) mass is 442 g/mol. The van der Waals surface area contributed by atoms with Crippen LogP contribution in [0.5, 0.6) is 0 Å². The average molecular weight is 443 g/mol. The maximum Gasteiger partial charge on any atom is 0.338 e. The van der Waals surface area contributed by atoms with Gasteiger partial charge in [0.1, 0.15) is 0 Å². The molecule has 0 unspecified atom stereocenters. The Kier molecular flexibility index (Phi) is 6.38. The van der Waals surface area contributed by atoms with Crippen molar-refractivity contribution in [3.05, 3.63) is 65.2 Å². The molecule has 0 bridgehead atoms. The standard InChI is InChI=1S/C23H26N2O5S/c26-22(24-21-9-5-7-17-6-1-2-8-20(17)21)16-30-23(27)18-10-12-19(13-11-18)31(28,29)25-14-3-4-15-25/h1-2,6,8,10-13,21H,3-5,7,9,14-16H2,(H,24,26)/t21-/m0/s1. The molecule has 1 aliphatic carbocycles. The SMILES string of the molecule is O=C(COC(=O)c1ccc(S(=O)(=O)N2CCCC2)cc1)N[C@H]1CCCc2ccccc21. The molecule has 8 heteroatoms. The Balaban J connectivity index is 1.32. The van der Waals surface area contributed by atoms with Crippen molar-refractivity contribution in [2.75, 3.05) is 19.7 Å². The molecule has 0 spiro atoms. The van der Waals surface area contributed by atoms with Gasteiger partial charge < -0.3 is 10.1 Å². The minimum atomic E-state index is -3.53. The van der Waals surface area contributed by atoms with E-state index in [9.17, 15) is 18.0 Å². The summed E-state index contributed by atoms with van der Waals surface area (Å²) in [5, 5.41) is 2.94. The Bertz CT molecular complexity index is 1060. The first kappa shape index (κ1) is 21.5. The molecule has 2 aliphatic rings. The highest BCUT2D eigenvalue weighted by Crippen LogP contribution is 2.29. The van der Waals surface area contributed by atoms with Gasteiger partial charge in [0, 0.05) is 13.1 Å². The zero-order chi connectivity index (χ0) is 21.8. The van der Waals surface area contributed by atoms with Crippen molar-refractivity contribution in [3.63, 3.8) is 0 Å². The predicted molar refractivity (Wildman–Crippen MR) is 115 cm³/mol. The summed E-state index contributed by atoms with van der Waals surface area (Å²) in [5.74, 6) is -1.02. The molecule has 1 fully saturated rings. The van der Waals surface area contributed by atoms with Crippen LogP contribution in [0.25, 0.3) is 0 Å². The number of sulfonamides is 1. The van der Waals surface area contributed by atoms with Crippen molar-refractivity contribution in [3.8, 4) is 0 Å². The number of fused-ring (bicyclic) bond motifs is 1. The predicted octanol–water partition coefficient (Wildman–Crippen LogP) is 2.82. The fourth-order valence-corrected chi connectivity index (χ4v) is 5.71.